The van der Waals surface area contributed by atoms with Gasteiger partial charge in [0.2, 0.25) is 5.91 Å². The van der Waals surface area contributed by atoms with E-state index in [1.54, 1.807) is 20.3 Å². The average molecular weight is 366 g/mol. The Morgan fingerprint density at radius 1 is 1.15 bits per heavy atom. The molecule has 2 amide bonds. The SMILES string of the molecule is COC1=CC=C(OC)C2C=C(CCNC(=O)Cc3ccccc3)C(=O)N=C12. The molecule has 1 aliphatic heterocycles. The van der Waals surface area contributed by atoms with Crippen molar-refractivity contribution in [2.24, 2.45) is 10.9 Å². The molecule has 0 radical (unpaired) electrons. The van der Waals surface area contributed by atoms with Crippen molar-refractivity contribution in [2.75, 3.05) is 20.8 Å². The van der Waals surface area contributed by atoms with E-state index in [0.29, 0.717) is 42.2 Å². The molecule has 1 atom stereocenters. The lowest BCUT2D eigenvalue weighted by atomic mass is 9.89. The number of hydrogen-bond donors (Lipinski definition) is 1. The van der Waals surface area contributed by atoms with Gasteiger partial charge in [0, 0.05) is 12.1 Å². The van der Waals surface area contributed by atoms with Crippen LogP contribution in [0.4, 0.5) is 0 Å². The van der Waals surface area contributed by atoms with Crippen molar-refractivity contribution in [1.29, 1.82) is 0 Å². The molecule has 27 heavy (non-hydrogen) atoms. The zero-order valence-electron chi connectivity index (χ0n) is 15.4. The third-order valence-electron chi connectivity index (χ3n) is 4.50. The second-order valence-corrected chi connectivity index (χ2v) is 6.24. The Bertz CT molecular complexity index is 850. The maximum absolute atomic E-state index is 12.4. The van der Waals surface area contributed by atoms with E-state index in [9.17, 15) is 9.59 Å². The maximum Gasteiger partial charge on any atom is 0.273 e. The zero-order valence-corrected chi connectivity index (χ0v) is 15.4. The van der Waals surface area contributed by atoms with Crippen LogP contribution >= 0.6 is 0 Å². The maximum atomic E-state index is 12.4. The van der Waals surface area contributed by atoms with Crippen molar-refractivity contribution < 1.29 is 19.1 Å². The molecule has 0 saturated carbocycles. The quantitative estimate of drug-likeness (QED) is 0.804. The Labute approximate surface area is 158 Å². The van der Waals surface area contributed by atoms with Crippen LogP contribution in [0.2, 0.25) is 0 Å². The Hall–Kier alpha value is -3.15. The number of aliphatic imine (C=N–C) groups is 1. The normalized spacial score (nSPS) is 18.4. The van der Waals surface area contributed by atoms with Gasteiger partial charge in [0.15, 0.2) is 0 Å². The first-order valence-electron chi connectivity index (χ1n) is 8.77. The molecule has 0 bridgehead atoms. The van der Waals surface area contributed by atoms with Crippen molar-refractivity contribution in [3.05, 3.63) is 71.2 Å². The number of fused-ring (bicyclic) bond motifs is 1. The van der Waals surface area contributed by atoms with E-state index < -0.39 is 0 Å². The van der Waals surface area contributed by atoms with Crippen LogP contribution in [0, 0.1) is 5.92 Å². The molecule has 3 rings (SSSR count). The van der Waals surface area contributed by atoms with Crippen molar-refractivity contribution in [1.82, 2.24) is 5.32 Å². The average Bonchev–Trinajstić information content (AvgIpc) is 2.68. The first-order valence-corrected chi connectivity index (χ1v) is 8.77. The van der Waals surface area contributed by atoms with Crippen molar-refractivity contribution in [2.45, 2.75) is 12.8 Å². The summed E-state index contributed by atoms with van der Waals surface area (Å²) in [7, 11) is 3.13. The van der Waals surface area contributed by atoms with Gasteiger partial charge in [-0.3, -0.25) is 9.59 Å². The lowest BCUT2D eigenvalue weighted by molar-refractivity contribution is -0.120. The molecule has 1 unspecified atom stereocenters. The Morgan fingerprint density at radius 3 is 2.63 bits per heavy atom. The molecule has 0 spiro atoms. The predicted octanol–water partition coefficient (Wildman–Crippen LogP) is 2.33. The van der Waals surface area contributed by atoms with Crippen LogP contribution in [-0.4, -0.2) is 38.3 Å². The number of nitrogens with zero attached hydrogens (tertiary/aromatic N) is 1. The second kappa shape index (κ2) is 8.49. The van der Waals surface area contributed by atoms with Gasteiger partial charge in [-0.15, -0.1) is 0 Å². The van der Waals surface area contributed by atoms with Gasteiger partial charge in [0.05, 0.1) is 26.6 Å². The third-order valence-corrected chi connectivity index (χ3v) is 4.50. The molecule has 0 fully saturated rings. The summed E-state index contributed by atoms with van der Waals surface area (Å²) in [4.78, 5) is 28.6. The van der Waals surface area contributed by atoms with E-state index in [1.165, 1.54) is 0 Å². The van der Waals surface area contributed by atoms with Gasteiger partial charge in [-0.25, -0.2) is 4.99 Å². The number of hydrogen-bond acceptors (Lipinski definition) is 4. The van der Waals surface area contributed by atoms with E-state index in [0.717, 1.165) is 5.56 Å². The van der Waals surface area contributed by atoms with Gasteiger partial charge >= 0.3 is 0 Å². The van der Waals surface area contributed by atoms with Crippen LogP contribution in [0.15, 0.2) is 70.6 Å². The monoisotopic (exact) mass is 366 g/mol. The summed E-state index contributed by atoms with van der Waals surface area (Å²) < 4.78 is 10.7. The van der Waals surface area contributed by atoms with Gasteiger partial charge in [-0.1, -0.05) is 36.4 Å². The number of carbonyl (C=O) groups is 2. The van der Waals surface area contributed by atoms with Crippen LogP contribution < -0.4 is 5.32 Å². The molecule has 1 aromatic carbocycles. The van der Waals surface area contributed by atoms with Crippen molar-refractivity contribution in [3.8, 4) is 0 Å². The molecule has 0 saturated heterocycles. The highest BCUT2D eigenvalue weighted by molar-refractivity contribution is 6.15. The fraction of sp³-hybridized carbons (Fsp3) is 0.286. The third kappa shape index (κ3) is 4.34. The van der Waals surface area contributed by atoms with E-state index in [4.69, 9.17) is 9.47 Å². The first kappa shape index (κ1) is 18.6. The summed E-state index contributed by atoms with van der Waals surface area (Å²) in [6.07, 6.45) is 6.13. The lowest BCUT2D eigenvalue weighted by Crippen LogP contribution is -2.30. The number of benzene rings is 1. The predicted molar refractivity (Wildman–Crippen MR) is 102 cm³/mol. The Balaban J connectivity index is 1.60. The first-order chi connectivity index (χ1) is 13.1. The zero-order chi connectivity index (χ0) is 19.2. The number of amides is 2. The summed E-state index contributed by atoms with van der Waals surface area (Å²) in [5.74, 6) is 0.629. The van der Waals surface area contributed by atoms with Crippen molar-refractivity contribution in [3.63, 3.8) is 0 Å². The highest BCUT2D eigenvalue weighted by atomic mass is 16.5. The topological polar surface area (TPSA) is 77.0 Å². The molecule has 6 nitrogen and oxygen atoms in total. The van der Waals surface area contributed by atoms with Crippen molar-refractivity contribution >= 4 is 17.5 Å². The number of nitrogens with one attached hydrogen (secondary N) is 1. The van der Waals surface area contributed by atoms with E-state index in [1.807, 2.05) is 42.5 Å². The van der Waals surface area contributed by atoms with E-state index in [2.05, 4.69) is 10.3 Å². The minimum atomic E-state index is -0.307. The summed E-state index contributed by atoms with van der Waals surface area (Å²) in [6, 6.07) is 9.53. The molecule has 1 aliphatic carbocycles. The number of rotatable bonds is 7. The minimum absolute atomic E-state index is 0.0750. The Kier molecular flexibility index (Phi) is 5.86. The van der Waals surface area contributed by atoms with Crippen LogP contribution in [0.5, 0.6) is 0 Å². The second-order valence-electron chi connectivity index (χ2n) is 6.24. The standard InChI is InChI=1S/C21H22N2O4/c1-26-17-8-9-18(27-2)20-16(17)13-15(21(25)23-20)10-11-22-19(24)12-14-6-4-3-5-7-14/h3-9,13,16H,10-12H2,1-2H3,(H,22,24). The molecule has 1 N–H and O–H groups in total. The number of ether oxygens (including phenoxy) is 2. The van der Waals surface area contributed by atoms with Gasteiger partial charge in [-0.2, -0.15) is 0 Å². The fourth-order valence-electron chi connectivity index (χ4n) is 3.11. The molecule has 140 valence electrons. The van der Waals surface area contributed by atoms with Crippen LogP contribution in [0.25, 0.3) is 0 Å². The summed E-state index contributed by atoms with van der Waals surface area (Å²) in [5, 5.41) is 2.85. The van der Waals surface area contributed by atoms with Gasteiger partial charge in [0.1, 0.15) is 17.2 Å². The minimum Gasteiger partial charge on any atom is -0.500 e. The molecule has 2 aliphatic rings. The molecular weight excluding hydrogens is 344 g/mol. The van der Waals surface area contributed by atoms with Crippen LogP contribution in [0.3, 0.4) is 0 Å². The van der Waals surface area contributed by atoms with Crippen LogP contribution in [-0.2, 0) is 25.5 Å². The highest BCUT2D eigenvalue weighted by Gasteiger charge is 2.32. The van der Waals surface area contributed by atoms with Crippen LogP contribution in [0.1, 0.15) is 12.0 Å². The van der Waals surface area contributed by atoms with E-state index >= 15 is 0 Å². The lowest BCUT2D eigenvalue weighted by Gasteiger charge is -2.26. The molecular formula is C21H22N2O4. The summed E-state index contributed by atoms with van der Waals surface area (Å²) >= 11 is 0. The molecule has 1 aromatic rings. The smallest absolute Gasteiger partial charge is 0.273 e. The number of allylic oxidation sites excluding steroid dienone is 4. The number of dihydropyridines is 1. The van der Waals surface area contributed by atoms with E-state index in [-0.39, 0.29) is 17.7 Å². The van der Waals surface area contributed by atoms with Gasteiger partial charge in [0.25, 0.3) is 5.91 Å². The molecule has 0 aromatic heterocycles. The molecule has 6 heteroatoms. The number of methoxy groups -OCH3 is 2. The summed E-state index contributed by atoms with van der Waals surface area (Å²) in [5.41, 5.74) is 2.07. The fourth-order valence-corrected chi connectivity index (χ4v) is 3.11. The van der Waals surface area contributed by atoms with Gasteiger partial charge in [-0.05, 0) is 24.1 Å². The molecule has 1 heterocycles. The largest absolute Gasteiger partial charge is 0.500 e. The highest BCUT2D eigenvalue weighted by Crippen LogP contribution is 2.30. The summed E-state index contributed by atoms with van der Waals surface area (Å²) in [6.45, 7) is 0.375. The van der Waals surface area contributed by atoms with Gasteiger partial charge < -0.3 is 14.8 Å². The number of carbonyl (C=O) groups excluding carboxylic acids is 2. The Morgan fingerprint density at radius 2 is 1.93 bits per heavy atom.